The molecule has 0 aromatic carbocycles. The van der Waals surface area contributed by atoms with Crippen molar-refractivity contribution in [1.82, 2.24) is 9.13 Å². The standard InChI is InChI=1S/C15H17ClN2O2/c16-9-7-13(18-11-4-2-6-15(18)20)8-12-17-10-3-1-5-14(17)19/h1-6,10-11,13H,7-9,12H2. The molecular formula is C15H17ClN2O2. The fraction of sp³-hybridized carbons (Fsp3) is 0.333. The van der Waals surface area contributed by atoms with Gasteiger partial charge in [0.2, 0.25) is 5.56 Å². The summed E-state index contributed by atoms with van der Waals surface area (Å²) in [7, 11) is 0. The molecule has 0 aliphatic rings. The van der Waals surface area contributed by atoms with Gasteiger partial charge in [-0.1, -0.05) is 12.1 Å². The number of halogens is 1. The molecule has 0 aliphatic heterocycles. The highest BCUT2D eigenvalue weighted by Crippen LogP contribution is 2.15. The molecule has 0 amide bonds. The number of rotatable bonds is 6. The van der Waals surface area contributed by atoms with Crippen LogP contribution in [0.15, 0.2) is 58.4 Å². The minimum atomic E-state index is -0.0389. The highest BCUT2D eigenvalue weighted by molar-refractivity contribution is 6.17. The summed E-state index contributed by atoms with van der Waals surface area (Å²) in [4.78, 5) is 23.5. The first-order chi connectivity index (χ1) is 9.72. The fourth-order valence-corrected chi connectivity index (χ4v) is 2.48. The molecule has 2 rings (SSSR count). The Labute approximate surface area is 122 Å². The third-order valence-electron chi connectivity index (χ3n) is 3.29. The summed E-state index contributed by atoms with van der Waals surface area (Å²) < 4.78 is 3.34. The van der Waals surface area contributed by atoms with E-state index in [1.807, 2.05) is 12.1 Å². The lowest BCUT2D eigenvalue weighted by Crippen LogP contribution is -2.26. The Bertz CT molecular complexity index is 663. The van der Waals surface area contributed by atoms with E-state index in [-0.39, 0.29) is 17.2 Å². The molecule has 2 heterocycles. The van der Waals surface area contributed by atoms with E-state index in [1.54, 1.807) is 33.7 Å². The van der Waals surface area contributed by atoms with Crippen LogP contribution in [0.4, 0.5) is 0 Å². The maximum atomic E-state index is 11.9. The van der Waals surface area contributed by atoms with Gasteiger partial charge >= 0.3 is 0 Å². The van der Waals surface area contributed by atoms with Crippen LogP contribution in [0.2, 0.25) is 0 Å². The van der Waals surface area contributed by atoms with E-state index in [9.17, 15) is 9.59 Å². The molecule has 0 aliphatic carbocycles. The first-order valence-electron chi connectivity index (χ1n) is 6.61. The molecule has 1 atom stereocenters. The van der Waals surface area contributed by atoms with Crippen LogP contribution in [0.1, 0.15) is 18.9 Å². The molecule has 1 unspecified atom stereocenters. The summed E-state index contributed by atoms with van der Waals surface area (Å²) in [6.45, 7) is 0.572. The normalized spacial score (nSPS) is 12.2. The Morgan fingerprint density at radius 2 is 1.65 bits per heavy atom. The number of aromatic nitrogens is 2. The van der Waals surface area contributed by atoms with E-state index >= 15 is 0 Å². The molecule has 0 saturated carbocycles. The number of nitrogens with zero attached hydrogens (tertiary/aromatic N) is 2. The van der Waals surface area contributed by atoms with E-state index in [0.29, 0.717) is 25.3 Å². The average molecular weight is 293 g/mol. The molecule has 2 aromatic rings. The second kappa shape index (κ2) is 7.10. The van der Waals surface area contributed by atoms with Gasteiger partial charge in [-0.2, -0.15) is 0 Å². The Balaban J connectivity index is 2.15. The summed E-state index contributed by atoms with van der Waals surface area (Å²) in [5.41, 5.74) is -0.0689. The number of hydrogen-bond donors (Lipinski definition) is 0. The summed E-state index contributed by atoms with van der Waals surface area (Å²) >= 11 is 5.83. The van der Waals surface area contributed by atoms with Crippen molar-refractivity contribution in [3.63, 3.8) is 0 Å². The van der Waals surface area contributed by atoms with Crippen molar-refractivity contribution in [3.05, 3.63) is 69.5 Å². The van der Waals surface area contributed by atoms with Gasteiger partial charge in [0, 0.05) is 43.0 Å². The summed E-state index contributed by atoms with van der Waals surface area (Å²) in [6.07, 6.45) is 4.93. The van der Waals surface area contributed by atoms with Crippen molar-refractivity contribution in [3.8, 4) is 0 Å². The van der Waals surface area contributed by atoms with E-state index in [4.69, 9.17) is 11.6 Å². The zero-order valence-electron chi connectivity index (χ0n) is 11.1. The lowest BCUT2D eigenvalue weighted by Gasteiger charge is -2.19. The van der Waals surface area contributed by atoms with Crippen LogP contribution in [0.3, 0.4) is 0 Å². The summed E-state index contributed by atoms with van der Waals surface area (Å²) in [5.74, 6) is 0.482. The van der Waals surface area contributed by atoms with Crippen LogP contribution in [-0.2, 0) is 6.54 Å². The highest BCUT2D eigenvalue weighted by Gasteiger charge is 2.11. The van der Waals surface area contributed by atoms with Crippen molar-refractivity contribution < 1.29 is 0 Å². The van der Waals surface area contributed by atoms with Crippen molar-refractivity contribution in [2.24, 2.45) is 0 Å². The van der Waals surface area contributed by atoms with Crippen molar-refractivity contribution in [2.75, 3.05) is 5.88 Å². The predicted molar refractivity (Wildman–Crippen MR) is 80.4 cm³/mol. The van der Waals surface area contributed by atoms with Gasteiger partial charge in [-0.15, -0.1) is 11.6 Å². The summed E-state index contributed by atoms with van der Waals surface area (Å²) in [6, 6.07) is 10.2. The average Bonchev–Trinajstić information content (AvgIpc) is 2.46. The molecule has 0 saturated heterocycles. The monoisotopic (exact) mass is 292 g/mol. The van der Waals surface area contributed by atoms with Crippen LogP contribution in [0.25, 0.3) is 0 Å². The molecule has 0 radical (unpaired) electrons. The SMILES string of the molecule is O=c1ccccn1CCC(CCCl)n1ccccc1=O. The van der Waals surface area contributed by atoms with Gasteiger partial charge < -0.3 is 9.13 Å². The van der Waals surface area contributed by atoms with Crippen molar-refractivity contribution >= 4 is 11.6 Å². The zero-order valence-corrected chi connectivity index (χ0v) is 11.9. The van der Waals surface area contributed by atoms with Gasteiger partial charge in [-0.3, -0.25) is 9.59 Å². The third-order valence-corrected chi connectivity index (χ3v) is 3.51. The smallest absolute Gasteiger partial charge is 0.250 e. The maximum Gasteiger partial charge on any atom is 0.250 e. The molecule has 4 nitrogen and oxygen atoms in total. The lowest BCUT2D eigenvalue weighted by molar-refractivity contribution is 0.410. The molecular weight excluding hydrogens is 276 g/mol. The third kappa shape index (κ3) is 3.61. The number of aryl methyl sites for hydroxylation is 1. The van der Waals surface area contributed by atoms with Crippen LogP contribution in [-0.4, -0.2) is 15.0 Å². The number of alkyl halides is 1. The largest absolute Gasteiger partial charge is 0.315 e. The second-order valence-corrected chi connectivity index (χ2v) is 4.98. The van der Waals surface area contributed by atoms with Gasteiger partial charge in [0.05, 0.1) is 0 Å². The molecule has 0 fully saturated rings. The second-order valence-electron chi connectivity index (χ2n) is 4.60. The molecule has 2 aromatic heterocycles. The fourth-order valence-electron chi connectivity index (χ4n) is 2.22. The molecule has 5 heteroatoms. The Hall–Kier alpha value is -1.81. The maximum absolute atomic E-state index is 11.9. The Morgan fingerprint density at radius 1 is 0.950 bits per heavy atom. The molecule has 106 valence electrons. The van der Waals surface area contributed by atoms with Gasteiger partial charge in [0.15, 0.2) is 0 Å². The van der Waals surface area contributed by atoms with Crippen LogP contribution in [0, 0.1) is 0 Å². The Kier molecular flexibility index (Phi) is 5.18. The topological polar surface area (TPSA) is 44.0 Å². The molecule has 0 N–H and O–H groups in total. The van der Waals surface area contributed by atoms with Gasteiger partial charge in [0.1, 0.15) is 0 Å². The quantitative estimate of drug-likeness (QED) is 0.767. The first kappa shape index (κ1) is 14.6. The number of pyridine rings is 2. The minimum absolute atomic E-state index is 0.00769. The minimum Gasteiger partial charge on any atom is -0.315 e. The van der Waals surface area contributed by atoms with Gasteiger partial charge in [-0.05, 0) is 25.0 Å². The highest BCUT2D eigenvalue weighted by atomic mass is 35.5. The first-order valence-corrected chi connectivity index (χ1v) is 7.14. The van der Waals surface area contributed by atoms with Crippen molar-refractivity contribution in [1.29, 1.82) is 0 Å². The zero-order chi connectivity index (χ0) is 14.4. The van der Waals surface area contributed by atoms with E-state index in [2.05, 4.69) is 0 Å². The summed E-state index contributed by atoms with van der Waals surface area (Å²) in [5, 5.41) is 0. The predicted octanol–water partition coefficient (Wildman–Crippen LogP) is 2.27. The van der Waals surface area contributed by atoms with E-state index < -0.39 is 0 Å². The van der Waals surface area contributed by atoms with Crippen molar-refractivity contribution in [2.45, 2.75) is 25.4 Å². The van der Waals surface area contributed by atoms with Crippen LogP contribution in [0.5, 0.6) is 0 Å². The van der Waals surface area contributed by atoms with Gasteiger partial charge in [0.25, 0.3) is 5.56 Å². The van der Waals surface area contributed by atoms with Crippen LogP contribution < -0.4 is 11.1 Å². The molecule has 0 spiro atoms. The molecule has 0 bridgehead atoms. The van der Waals surface area contributed by atoms with Gasteiger partial charge in [-0.25, -0.2) is 0 Å². The van der Waals surface area contributed by atoms with E-state index in [1.165, 1.54) is 12.1 Å². The Morgan fingerprint density at radius 3 is 2.30 bits per heavy atom. The van der Waals surface area contributed by atoms with E-state index in [0.717, 1.165) is 0 Å². The van der Waals surface area contributed by atoms with Crippen LogP contribution >= 0.6 is 11.6 Å². The molecule has 20 heavy (non-hydrogen) atoms. The lowest BCUT2D eigenvalue weighted by atomic mass is 10.1. The number of hydrogen-bond acceptors (Lipinski definition) is 2.